The molecule has 0 radical (unpaired) electrons. The van der Waals surface area contributed by atoms with Gasteiger partial charge < -0.3 is 4.74 Å². The Morgan fingerprint density at radius 1 is 1.20 bits per heavy atom. The summed E-state index contributed by atoms with van der Waals surface area (Å²) in [5, 5.41) is 8.51. The third-order valence-electron chi connectivity index (χ3n) is 2.34. The number of benzene rings is 1. The number of pyridine rings is 1. The highest BCUT2D eigenvalue weighted by Crippen LogP contribution is 2.37. The summed E-state index contributed by atoms with van der Waals surface area (Å²) in [6.45, 7) is 0. The van der Waals surface area contributed by atoms with Crippen LogP contribution in [0, 0.1) is 17.1 Å². The molecule has 2 aromatic rings. The van der Waals surface area contributed by atoms with Crippen molar-refractivity contribution in [3.05, 3.63) is 53.6 Å². The molecule has 0 saturated heterocycles. The summed E-state index contributed by atoms with van der Waals surface area (Å²) in [7, 11) is 0. The largest absolute Gasteiger partial charge is 0.455 e. The molecule has 7 heteroatoms. The zero-order chi connectivity index (χ0) is 14.8. The van der Waals surface area contributed by atoms with Gasteiger partial charge in [0.2, 0.25) is 0 Å². The molecule has 1 aromatic heterocycles. The summed E-state index contributed by atoms with van der Waals surface area (Å²) in [5.74, 6) is -1.65. The fraction of sp³-hybridized carbons (Fsp3) is 0.0769. The third kappa shape index (κ3) is 2.85. The summed E-state index contributed by atoms with van der Waals surface area (Å²) in [6, 6.07) is 6.84. The van der Waals surface area contributed by atoms with Crippen LogP contribution >= 0.6 is 0 Å². The summed E-state index contributed by atoms with van der Waals surface area (Å²) in [6.07, 6.45) is -3.61. The van der Waals surface area contributed by atoms with Gasteiger partial charge in [-0.25, -0.2) is 9.37 Å². The molecular formula is C13H6F4N2O. The Balaban J connectivity index is 2.36. The van der Waals surface area contributed by atoms with Gasteiger partial charge >= 0.3 is 6.18 Å². The number of para-hydroxylation sites is 1. The van der Waals surface area contributed by atoms with E-state index in [1.807, 2.05) is 0 Å². The van der Waals surface area contributed by atoms with Crippen molar-refractivity contribution in [2.45, 2.75) is 6.18 Å². The monoisotopic (exact) mass is 282 g/mol. The molecule has 0 saturated carbocycles. The van der Waals surface area contributed by atoms with Gasteiger partial charge in [0.05, 0.1) is 11.8 Å². The van der Waals surface area contributed by atoms with Gasteiger partial charge in [-0.05, 0) is 12.1 Å². The maximum atomic E-state index is 13.3. The number of hydrogen-bond donors (Lipinski definition) is 0. The van der Waals surface area contributed by atoms with Gasteiger partial charge in [0.15, 0.2) is 11.5 Å². The minimum Gasteiger partial charge on any atom is -0.455 e. The molecule has 0 spiro atoms. The number of halogens is 4. The first-order valence-electron chi connectivity index (χ1n) is 5.31. The predicted octanol–water partition coefficient (Wildman–Crippen LogP) is 3.90. The first-order chi connectivity index (χ1) is 9.41. The second-order valence-electron chi connectivity index (χ2n) is 3.71. The quantitative estimate of drug-likeness (QED) is 0.785. The minimum atomic E-state index is -4.59. The molecule has 0 aliphatic carbocycles. The van der Waals surface area contributed by atoms with E-state index in [4.69, 9.17) is 10.00 Å². The Labute approximate surface area is 111 Å². The molecular weight excluding hydrogens is 276 g/mol. The van der Waals surface area contributed by atoms with Crippen LogP contribution in [0.2, 0.25) is 0 Å². The van der Waals surface area contributed by atoms with Crippen LogP contribution in [0.4, 0.5) is 17.6 Å². The highest BCUT2D eigenvalue weighted by Gasteiger charge is 2.34. The normalized spacial score (nSPS) is 10.9. The van der Waals surface area contributed by atoms with E-state index in [2.05, 4.69) is 4.98 Å². The minimum absolute atomic E-state index is 0.224. The topological polar surface area (TPSA) is 45.9 Å². The van der Waals surface area contributed by atoms with Crippen LogP contribution in [0.15, 0.2) is 36.5 Å². The zero-order valence-electron chi connectivity index (χ0n) is 9.78. The summed E-state index contributed by atoms with van der Waals surface area (Å²) in [5.41, 5.74) is -1.44. The number of ether oxygens (including phenoxy) is 1. The average Bonchev–Trinajstić information content (AvgIpc) is 2.38. The number of nitrogens with zero attached hydrogens (tertiary/aromatic N) is 2. The van der Waals surface area contributed by atoms with Gasteiger partial charge in [-0.1, -0.05) is 12.1 Å². The Bertz CT molecular complexity index is 677. The first kappa shape index (κ1) is 13.8. The predicted molar refractivity (Wildman–Crippen MR) is 60.4 cm³/mol. The van der Waals surface area contributed by atoms with E-state index < -0.39 is 29.0 Å². The Kier molecular flexibility index (Phi) is 3.57. The van der Waals surface area contributed by atoms with Gasteiger partial charge in [-0.15, -0.1) is 0 Å². The first-order valence-corrected chi connectivity index (χ1v) is 5.31. The summed E-state index contributed by atoms with van der Waals surface area (Å²) in [4.78, 5) is 3.44. The Morgan fingerprint density at radius 3 is 2.50 bits per heavy atom. The molecule has 0 atom stereocenters. The van der Waals surface area contributed by atoms with Gasteiger partial charge in [0, 0.05) is 6.07 Å². The van der Waals surface area contributed by atoms with Gasteiger partial charge in [-0.2, -0.15) is 18.4 Å². The van der Waals surface area contributed by atoms with Gasteiger partial charge in [-0.3, -0.25) is 0 Å². The molecule has 3 nitrogen and oxygen atoms in total. The van der Waals surface area contributed by atoms with Crippen LogP contribution in [-0.2, 0) is 6.18 Å². The smallest absolute Gasteiger partial charge is 0.419 e. The molecule has 0 amide bonds. The molecule has 102 valence electrons. The van der Waals surface area contributed by atoms with E-state index in [1.54, 1.807) is 0 Å². The van der Waals surface area contributed by atoms with E-state index in [-0.39, 0.29) is 5.75 Å². The Morgan fingerprint density at radius 2 is 1.90 bits per heavy atom. The van der Waals surface area contributed by atoms with Crippen molar-refractivity contribution < 1.29 is 22.3 Å². The van der Waals surface area contributed by atoms with Crippen molar-refractivity contribution in [3.8, 4) is 17.6 Å². The van der Waals surface area contributed by atoms with Crippen molar-refractivity contribution >= 4 is 0 Å². The molecule has 0 N–H and O–H groups in total. The number of rotatable bonds is 2. The fourth-order valence-corrected chi connectivity index (χ4v) is 1.48. The number of aromatic nitrogens is 1. The van der Waals surface area contributed by atoms with Gasteiger partial charge in [0.1, 0.15) is 17.6 Å². The van der Waals surface area contributed by atoms with Gasteiger partial charge in [0.25, 0.3) is 0 Å². The molecule has 2 rings (SSSR count). The molecule has 0 aliphatic rings. The van der Waals surface area contributed by atoms with Crippen LogP contribution in [0.25, 0.3) is 0 Å². The molecule has 0 aliphatic heterocycles. The average molecular weight is 282 g/mol. The number of hydrogen-bond acceptors (Lipinski definition) is 3. The lowest BCUT2D eigenvalue weighted by Crippen LogP contribution is -2.07. The maximum absolute atomic E-state index is 13.3. The lowest BCUT2D eigenvalue weighted by Gasteiger charge is -2.13. The van der Waals surface area contributed by atoms with Crippen molar-refractivity contribution in [1.82, 2.24) is 4.98 Å². The molecule has 0 bridgehead atoms. The lowest BCUT2D eigenvalue weighted by molar-refractivity contribution is -0.138. The maximum Gasteiger partial charge on any atom is 0.419 e. The van der Waals surface area contributed by atoms with Crippen LogP contribution in [0.5, 0.6) is 11.5 Å². The van der Waals surface area contributed by atoms with Crippen LogP contribution in [0.1, 0.15) is 11.3 Å². The highest BCUT2D eigenvalue weighted by atomic mass is 19.4. The highest BCUT2D eigenvalue weighted by molar-refractivity contribution is 5.39. The molecule has 20 heavy (non-hydrogen) atoms. The van der Waals surface area contributed by atoms with Crippen LogP contribution < -0.4 is 4.74 Å². The second kappa shape index (κ2) is 5.17. The number of nitriles is 1. The molecule has 0 fully saturated rings. The van der Waals surface area contributed by atoms with E-state index in [1.165, 1.54) is 18.2 Å². The zero-order valence-corrected chi connectivity index (χ0v) is 9.78. The standard InChI is InChI=1S/C13H6F4N2O/c14-10-5-8(7-19-11(10)6-18)20-12-4-2-1-3-9(12)13(15,16)17/h1-5,7H. The van der Waals surface area contributed by atoms with E-state index in [0.29, 0.717) is 0 Å². The summed E-state index contributed by atoms with van der Waals surface area (Å²) >= 11 is 0. The van der Waals surface area contributed by atoms with Crippen molar-refractivity contribution in [2.24, 2.45) is 0 Å². The van der Waals surface area contributed by atoms with Crippen LogP contribution in [-0.4, -0.2) is 4.98 Å². The molecule has 1 heterocycles. The molecule has 0 unspecified atom stereocenters. The summed E-state index contributed by atoms with van der Waals surface area (Å²) < 4.78 is 56.5. The Hall–Kier alpha value is -2.62. The van der Waals surface area contributed by atoms with Crippen LogP contribution in [0.3, 0.4) is 0 Å². The lowest BCUT2D eigenvalue weighted by atomic mass is 10.2. The third-order valence-corrected chi connectivity index (χ3v) is 2.34. The second-order valence-corrected chi connectivity index (χ2v) is 3.71. The van der Waals surface area contributed by atoms with Crippen molar-refractivity contribution in [3.63, 3.8) is 0 Å². The van der Waals surface area contributed by atoms with E-state index in [0.717, 1.165) is 24.4 Å². The fourth-order valence-electron chi connectivity index (χ4n) is 1.48. The van der Waals surface area contributed by atoms with Crippen molar-refractivity contribution in [1.29, 1.82) is 5.26 Å². The molecule has 1 aromatic carbocycles. The van der Waals surface area contributed by atoms with E-state index in [9.17, 15) is 17.6 Å². The van der Waals surface area contributed by atoms with Crippen molar-refractivity contribution in [2.75, 3.05) is 0 Å². The SMILES string of the molecule is N#Cc1ncc(Oc2ccccc2C(F)(F)F)cc1F. The van der Waals surface area contributed by atoms with E-state index >= 15 is 0 Å². The number of alkyl halides is 3.